The van der Waals surface area contributed by atoms with E-state index in [1.54, 1.807) is 36.4 Å². The van der Waals surface area contributed by atoms with Crippen LogP contribution in [0.5, 0.6) is 0 Å². The molecule has 0 radical (unpaired) electrons. The summed E-state index contributed by atoms with van der Waals surface area (Å²) in [5.74, 6) is 0.376. The molecule has 0 atom stereocenters. The molecule has 0 saturated carbocycles. The van der Waals surface area contributed by atoms with Crippen LogP contribution in [0.4, 0.5) is 17.2 Å². The topological polar surface area (TPSA) is 58.1 Å². The van der Waals surface area contributed by atoms with Gasteiger partial charge in [-0.05, 0) is 55.5 Å². The zero-order chi connectivity index (χ0) is 17.6. The first-order valence-corrected chi connectivity index (χ1v) is 8.28. The van der Waals surface area contributed by atoms with Crippen LogP contribution in [-0.2, 0) is 0 Å². The molecule has 3 aromatic rings. The van der Waals surface area contributed by atoms with Gasteiger partial charge in [-0.3, -0.25) is 4.79 Å². The molecule has 3 rings (SSSR count). The SMILES string of the molecule is CCN(c1ccccc1)c1ccc(C(=O)Nc2ccc(Cl)cc2)nn1. The van der Waals surface area contributed by atoms with E-state index < -0.39 is 0 Å². The summed E-state index contributed by atoms with van der Waals surface area (Å²) < 4.78 is 0. The number of hydrogen-bond acceptors (Lipinski definition) is 4. The van der Waals surface area contributed by atoms with Crippen LogP contribution in [0.1, 0.15) is 17.4 Å². The highest BCUT2D eigenvalue weighted by Gasteiger charge is 2.12. The molecule has 126 valence electrons. The molecule has 0 bridgehead atoms. The highest BCUT2D eigenvalue weighted by atomic mass is 35.5. The Morgan fingerprint density at radius 3 is 2.32 bits per heavy atom. The van der Waals surface area contributed by atoms with Gasteiger partial charge in [-0.2, -0.15) is 0 Å². The van der Waals surface area contributed by atoms with Crippen molar-refractivity contribution in [2.24, 2.45) is 0 Å². The van der Waals surface area contributed by atoms with Gasteiger partial charge in [0.1, 0.15) is 0 Å². The van der Waals surface area contributed by atoms with E-state index in [1.165, 1.54) is 0 Å². The van der Waals surface area contributed by atoms with Crippen molar-refractivity contribution < 1.29 is 4.79 Å². The molecule has 0 aliphatic heterocycles. The highest BCUT2D eigenvalue weighted by molar-refractivity contribution is 6.30. The summed E-state index contributed by atoms with van der Waals surface area (Å²) in [6.45, 7) is 2.78. The summed E-state index contributed by atoms with van der Waals surface area (Å²) in [5.41, 5.74) is 1.93. The van der Waals surface area contributed by atoms with E-state index in [9.17, 15) is 4.79 Å². The van der Waals surface area contributed by atoms with Gasteiger partial charge in [0.15, 0.2) is 11.5 Å². The number of hydrogen-bond donors (Lipinski definition) is 1. The molecule has 25 heavy (non-hydrogen) atoms. The van der Waals surface area contributed by atoms with Crippen molar-refractivity contribution in [2.75, 3.05) is 16.8 Å². The van der Waals surface area contributed by atoms with Gasteiger partial charge in [-0.1, -0.05) is 29.8 Å². The molecule has 1 heterocycles. The van der Waals surface area contributed by atoms with E-state index in [0.29, 0.717) is 16.5 Å². The predicted octanol–water partition coefficient (Wildman–Crippen LogP) is 4.54. The fourth-order valence-corrected chi connectivity index (χ4v) is 2.53. The summed E-state index contributed by atoms with van der Waals surface area (Å²) in [4.78, 5) is 14.3. The minimum atomic E-state index is -0.316. The number of amides is 1. The van der Waals surface area contributed by atoms with E-state index in [1.807, 2.05) is 42.2 Å². The lowest BCUT2D eigenvalue weighted by atomic mass is 10.2. The van der Waals surface area contributed by atoms with Crippen LogP contribution in [0.25, 0.3) is 0 Å². The third kappa shape index (κ3) is 4.14. The number of benzene rings is 2. The van der Waals surface area contributed by atoms with Crippen LogP contribution < -0.4 is 10.2 Å². The van der Waals surface area contributed by atoms with E-state index in [0.717, 1.165) is 12.2 Å². The minimum Gasteiger partial charge on any atom is -0.325 e. The molecule has 1 aromatic heterocycles. The van der Waals surface area contributed by atoms with E-state index >= 15 is 0 Å². The number of nitrogens with one attached hydrogen (secondary N) is 1. The minimum absolute atomic E-state index is 0.253. The number of carbonyl (C=O) groups excluding carboxylic acids is 1. The third-order valence-corrected chi connectivity index (χ3v) is 3.90. The Morgan fingerprint density at radius 2 is 1.72 bits per heavy atom. The van der Waals surface area contributed by atoms with Crippen LogP contribution in [-0.4, -0.2) is 22.6 Å². The Bertz CT molecular complexity index is 836. The average Bonchev–Trinajstić information content (AvgIpc) is 2.66. The summed E-state index contributed by atoms with van der Waals surface area (Å²) in [5, 5.41) is 11.6. The van der Waals surface area contributed by atoms with Gasteiger partial charge in [0.25, 0.3) is 5.91 Å². The lowest BCUT2D eigenvalue weighted by Gasteiger charge is -2.21. The maximum atomic E-state index is 12.3. The van der Waals surface area contributed by atoms with Gasteiger partial charge in [-0.25, -0.2) is 0 Å². The zero-order valence-corrected chi connectivity index (χ0v) is 14.4. The Morgan fingerprint density at radius 1 is 1.00 bits per heavy atom. The number of carbonyl (C=O) groups is 1. The smallest absolute Gasteiger partial charge is 0.276 e. The van der Waals surface area contributed by atoms with Gasteiger partial charge < -0.3 is 10.2 Å². The van der Waals surface area contributed by atoms with Crippen LogP contribution in [0.15, 0.2) is 66.7 Å². The zero-order valence-electron chi connectivity index (χ0n) is 13.7. The van der Waals surface area contributed by atoms with Crippen molar-refractivity contribution in [2.45, 2.75) is 6.92 Å². The summed E-state index contributed by atoms with van der Waals surface area (Å²) in [6.07, 6.45) is 0. The standard InChI is InChI=1S/C19H17ClN4O/c1-2-24(16-6-4-3-5-7-16)18-13-12-17(22-23-18)19(25)21-15-10-8-14(20)9-11-15/h3-13H,2H2,1H3,(H,21,25). The lowest BCUT2D eigenvalue weighted by molar-refractivity contribution is 0.102. The van der Waals surface area contributed by atoms with Crippen LogP contribution in [0.2, 0.25) is 5.02 Å². The first kappa shape index (κ1) is 16.9. The van der Waals surface area contributed by atoms with E-state index in [2.05, 4.69) is 15.5 Å². The third-order valence-electron chi connectivity index (χ3n) is 3.65. The number of nitrogens with zero attached hydrogens (tertiary/aromatic N) is 3. The van der Waals surface area contributed by atoms with Crippen molar-refractivity contribution in [3.63, 3.8) is 0 Å². The number of halogens is 1. The number of anilines is 3. The van der Waals surface area contributed by atoms with E-state index in [-0.39, 0.29) is 11.6 Å². The fraction of sp³-hybridized carbons (Fsp3) is 0.105. The molecular formula is C19H17ClN4O. The molecule has 5 nitrogen and oxygen atoms in total. The van der Waals surface area contributed by atoms with Gasteiger partial charge >= 0.3 is 0 Å². The van der Waals surface area contributed by atoms with Crippen LogP contribution >= 0.6 is 11.6 Å². The van der Waals surface area contributed by atoms with Gasteiger partial charge in [-0.15, -0.1) is 10.2 Å². The first-order valence-electron chi connectivity index (χ1n) is 7.90. The van der Waals surface area contributed by atoms with E-state index in [4.69, 9.17) is 11.6 Å². The second-order valence-electron chi connectivity index (χ2n) is 5.32. The average molecular weight is 353 g/mol. The Labute approximate surface area is 151 Å². The lowest BCUT2D eigenvalue weighted by Crippen LogP contribution is -2.19. The normalized spacial score (nSPS) is 10.3. The second-order valence-corrected chi connectivity index (χ2v) is 5.75. The van der Waals surface area contributed by atoms with Crippen LogP contribution in [0.3, 0.4) is 0 Å². The van der Waals surface area contributed by atoms with Crippen molar-refractivity contribution >= 4 is 34.7 Å². The Hall–Kier alpha value is -2.92. The molecule has 1 N–H and O–H groups in total. The molecule has 6 heteroatoms. The largest absolute Gasteiger partial charge is 0.325 e. The molecule has 0 spiro atoms. The van der Waals surface area contributed by atoms with Gasteiger partial charge in [0, 0.05) is 22.9 Å². The molecule has 2 aromatic carbocycles. The van der Waals surface area contributed by atoms with Crippen molar-refractivity contribution in [1.29, 1.82) is 0 Å². The Balaban J connectivity index is 1.75. The first-order chi connectivity index (χ1) is 12.2. The summed E-state index contributed by atoms with van der Waals surface area (Å²) >= 11 is 5.84. The molecular weight excluding hydrogens is 336 g/mol. The van der Waals surface area contributed by atoms with Crippen LogP contribution in [0, 0.1) is 0 Å². The van der Waals surface area contributed by atoms with Gasteiger partial charge in [0.2, 0.25) is 0 Å². The molecule has 0 aliphatic rings. The van der Waals surface area contributed by atoms with Gasteiger partial charge in [0.05, 0.1) is 0 Å². The maximum Gasteiger partial charge on any atom is 0.276 e. The molecule has 0 fully saturated rings. The fourth-order valence-electron chi connectivity index (χ4n) is 2.40. The highest BCUT2D eigenvalue weighted by Crippen LogP contribution is 2.22. The summed E-state index contributed by atoms with van der Waals surface area (Å²) in [6, 6.07) is 20.3. The monoisotopic (exact) mass is 352 g/mol. The quantitative estimate of drug-likeness (QED) is 0.732. The Kier molecular flexibility index (Phi) is 5.26. The maximum absolute atomic E-state index is 12.3. The summed E-state index contributed by atoms with van der Waals surface area (Å²) in [7, 11) is 0. The van der Waals surface area contributed by atoms with Crippen molar-refractivity contribution in [1.82, 2.24) is 10.2 Å². The molecule has 0 saturated heterocycles. The molecule has 0 aliphatic carbocycles. The number of aromatic nitrogens is 2. The number of rotatable bonds is 5. The number of para-hydroxylation sites is 1. The van der Waals surface area contributed by atoms with Crippen molar-refractivity contribution in [3.05, 3.63) is 77.4 Å². The predicted molar refractivity (Wildman–Crippen MR) is 101 cm³/mol. The molecule has 0 unspecified atom stereocenters. The molecule has 1 amide bonds. The van der Waals surface area contributed by atoms with Crippen molar-refractivity contribution in [3.8, 4) is 0 Å². The second kappa shape index (κ2) is 7.77.